The summed E-state index contributed by atoms with van der Waals surface area (Å²) in [5.74, 6) is 0.128. The van der Waals surface area contributed by atoms with E-state index in [0.29, 0.717) is 6.42 Å². The van der Waals surface area contributed by atoms with E-state index in [0.717, 1.165) is 37.8 Å². The number of aryl methyl sites for hydroxylation is 1. The normalized spacial score (nSPS) is 19.4. The zero-order chi connectivity index (χ0) is 15.4. The topological polar surface area (TPSA) is 54.1 Å². The van der Waals surface area contributed by atoms with Crippen molar-refractivity contribution in [1.29, 1.82) is 0 Å². The van der Waals surface area contributed by atoms with Crippen molar-refractivity contribution < 1.29 is 9.53 Å². The van der Waals surface area contributed by atoms with Gasteiger partial charge in [0.15, 0.2) is 0 Å². The van der Waals surface area contributed by atoms with Crippen molar-refractivity contribution in [3.8, 4) is 0 Å². The summed E-state index contributed by atoms with van der Waals surface area (Å²) in [6, 6.07) is 8.40. The molecule has 118 valence electrons. The van der Waals surface area contributed by atoms with Gasteiger partial charge in [-0.2, -0.15) is 0 Å². The van der Waals surface area contributed by atoms with Crippen molar-refractivity contribution in [2.24, 2.45) is 0 Å². The van der Waals surface area contributed by atoms with E-state index >= 15 is 0 Å². The fraction of sp³-hybridized carbons (Fsp3) is 0.500. The summed E-state index contributed by atoms with van der Waals surface area (Å²) in [4.78, 5) is 15.3. The molecule has 0 aliphatic carbocycles. The zero-order valence-electron chi connectivity index (χ0n) is 13.1. The quantitative estimate of drug-likeness (QED) is 0.861. The third kappa shape index (κ3) is 3.50. The van der Waals surface area contributed by atoms with Crippen LogP contribution in [0.4, 0.5) is 0 Å². The molecule has 2 heterocycles. The third-order valence-corrected chi connectivity index (χ3v) is 4.44. The highest BCUT2D eigenvalue weighted by atomic mass is 16.5. The third-order valence-electron chi connectivity index (χ3n) is 4.44. The van der Waals surface area contributed by atoms with Crippen LogP contribution in [0.15, 0.2) is 30.5 Å². The summed E-state index contributed by atoms with van der Waals surface area (Å²) in [7, 11) is 0. The second kappa shape index (κ2) is 6.97. The second-order valence-electron chi connectivity index (χ2n) is 6.12. The minimum Gasteiger partial charge on any atom is -0.376 e. The molecule has 1 saturated heterocycles. The van der Waals surface area contributed by atoms with Gasteiger partial charge in [0.25, 0.3) is 0 Å². The lowest BCUT2D eigenvalue weighted by atomic mass is 10.1. The van der Waals surface area contributed by atoms with E-state index in [2.05, 4.69) is 34.7 Å². The number of carbonyl (C=O) groups excluding carboxylic acids is 1. The molecule has 0 bridgehead atoms. The van der Waals surface area contributed by atoms with Crippen molar-refractivity contribution in [3.05, 3.63) is 36.0 Å². The second-order valence-corrected chi connectivity index (χ2v) is 6.12. The maximum Gasteiger partial charge on any atom is 0.220 e. The van der Waals surface area contributed by atoms with Gasteiger partial charge in [0, 0.05) is 30.1 Å². The van der Waals surface area contributed by atoms with E-state index in [-0.39, 0.29) is 18.1 Å². The van der Waals surface area contributed by atoms with Gasteiger partial charge >= 0.3 is 0 Å². The SMILES string of the molecule is CC(NC(=O)CCCc1c[nH]c2ccccc12)C1CCCO1. The molecule has 0 radical (unpaired) electrons. The fourth-order valence-electron chi connectivity index (χ4n) is 3.19. The first-order valence-corrected chi connectivity index (χ1v) is 8.20. The average molecular weight is 300 g/mol. The minimum absolute atomic E-state index is 0.114. The summed E-state index contributed by atoms with van der Waals surface area (Å²) in [5, 5.41) is 4.33. The molecule has 1 aromatic carbocycles. The van der Waals surface area contributed by atoms with E-state index in [9.17, 15) is 4.79 Å². The van der Waals surface area contributed by atoms with Gasteiger partial charge in [-0.15, -0.1) is 0 Å². The van der Waals surface area contributed by atoms with Crippen LogP contribution in [-0.2, 0) is 16.0 Å². The van der Waals surface area contributed by atoms with Crippen LogP contribution in [0.3, 0.4) is 0 Å². The molecular weight excluding hydrogens is 276 g/mol. The van der Waals surface area contributed by atoms with E-state index in [4.69, 9.17) is 4.74 Å². The molecule has 2 aromatic rings. The van der Waals surface area contributed by atoms with Crippen LogP contribution >= 0.6 is 0 Å². The molecule has 1 fully saturated rings. The van der Waals surface area contributed by atoms with Gasteiger partial charge in [0.2, 0.25) is 5.91 Å². The number of hydrogen-bond donors (Lipinski definition) is 2. The predicted octanol–water partition coefficient (Wildman–Crippen LogP) is 3.17. The molecule has 2 N–H and O–H groups in total. The lowest BCUT2D eigenvalue weighted by Crippen LogP contribution is -2.40. The van der Waals surface area contributed by atoms with Gasteiger partial charge in [-0.25, -0.2) is 0 Å². The number of fused-ring (bicyclic) bond motifs is 1. The molecule has 1 aliphatic rings. The minimum atomic E-state index is 0.114. The monoisotopic (exact) mass is 300 g/mol. The Morgan fingerprint density at radius 2 is 2.32 bits per heavy atom. The highest BCUT2D eigenvalue weighted by Crippen LogP contribution is 2.19. The Kier molecular flexibility index (Phi) is 4.78. The Labute approximate surface area is 131 Å². The molecule has 0 spiro atoms. The van der Waals surface area contributed by atoms with Crippen molar-refractivity contribution >= 4 is 16.8 Å². The van der Waals surface area contributed by atoms with Crippen LogP contribution in [0, 0.1) is 0 Å². The summed E-state index contributed by atoms with van der Waals surface area (Å²) >= 11 is 0. The number of aromatic amines is 1. The van der Waals surface area contributed by atoms with E-state index < -0.39 is 0 Å². The van der Waals surface area contributed by atoms with Crippen molar-refractivity contribution in [2.45, 2.75) is 51.2 Å². The maximum absolute atomic E-state index is 12.0. The van der Waals surface area contributed by atoms with Gasteiger partial charge in [0.1, 0.15) is 0 Å². The van der Waals surface area contributed by atoms with Crippen LogP contribution in [-0.4, -0.2) is 29.6 Å². The molecule has 4 nitrogen and oxygen atoms in total. The number of ether oxygens (including phenoxy) is 1. The predicted molar refractivity (Wildman–Crippen MR) is 87.8 cm³/mol. The summed E-state index contributed by atoms with van der Waals surface area (Å²) in [5.41, 5.74) is 2.45. The molecule has 1 amide bonds. The highest BCUT2D eigenvalue weighted by Gasteiger charge is 2.23. The molecule has 1 aliphatic heterocycles. The number of hydrogen-bond acceptors (Lipinski definition) is 2. The number of rotatable bonds is 6. The first kappa shape index (κ1) is 15.1. The van der Waals surface area contributed by atoms with Crippen LogP contribution < -0.4 is 5.32 Å². The Balaban J connectivity index is 1.45. The van der Waals surface area contributed by atoms with Gasteiger partial charge in [-0.05, 0) is 44.2 Å². The number of H-pyrrole nitrogens is 1. The van der Waals surface area contributed by atoms with Crippen molar-refractivity contribution in [1.82, 2.24) is 10.3 Å². The van der Waals surface area contributed by atoms with Crippen LogP contribution in [0.2, 0.25) is 0 Å². The number of amides is 1. The van der Waals surface area contributed by atoms with Gasteiger partial charge in [0.05, 0.1) is 12.1 Å². The summed E-state index contributed by atoms with van der Waals surface area (Å²) in [6.07, 6.45) is 6.76. The summed E-state index contributed by atoms with van der Waals surface area (Å²) < 4.78 is 5.61. The first-order valence-electron chi connectivity index (χ1n) is 8.20. The number of para-hydroxylation sites is 1. The molecule has 1 aromatic heterocycles. The molecular formula is C18H24N2O2. The zero-order valence-corrected chi connectivity index (χ0v) is 13.1. The van der Waals surface area contributed by atoms with Crippen LogP contribution in [0.1, 0.15) is 38.2 Å². The van der Waals surface area contributed by atoms with Gasteiger partial charge in [-0.3, -0.25) is 4.79 Å². The lowest BCUT2D eigenvalue weighted by Gasteiger charge is -2.19. The highest BCUT2D eigenvalue weighted by molar-refractivity contribution is 5.83. The molecule has 2 unspecified atom stereocenters. The van der Waals surface area contributed by atoms with Gasteiger partial charge < -0.3 is 15.0 Å². The number of benzene rings is 1. The van der Waals surface area contributed by atoms with E-state index in [1.54, 1.807) is 0 Å². The fourth-order valence-corrected chi connectivity index (χ4v) is 3.19. The Bertz CT molecular complexity index is 629. The largest absolute Gasteiger partial charge is 0.376 e. The molecule has 0 saturated carbocycles. The number of carbonyl (C=O) groups is 1. The Morgan fingerprint density at radius 1 is 1.45 bits per heavy atom. The molecule has 4 heteroatoms. The Hall–Kier alpha value is -1.81. The van der Waals surface area contributed by atoms with Crippen molar-refractivity contribution in [2.75, 3.05) is 6.61 Å². The first-order chi connectivity index (χ1) is 10.7. The van der Waals surface area contributed by atoms with Gasteiger partial charge in [-0.1, -0.05) is 18.2 Å². The van der Waals surface area contributed by atoms with Crippen LogP contribution in [0.5, 0.6) is 0 Å². The molecule has 22 heavy (non-hydrogen) atoms. The molecule has 3 rings (SSSR count). The van der Waals surface area contributed by atoms with E-state index in [1.807, 2.05) is 13.0 Å². The number of nitrogens with one attached hydrogen (secondary N) is 2. The smallest absolute Gasteiger partial charge is 0.220 e. The lowest BCUT2D eigenvalue weighted by molar-refractivity contribution is -0.122. The number of aromatic nitrogens is 1. The molecule has 2 atom stereocenters. The summed E-state index contributed by atoms with van der Waals surface area (Å²) in [6.45, 7) is 2.86. The van der Waals surface area contributed by atoms with Crippen LogP contribution in [0.25, 0.3) is 10.9 Å². The maximum atomic E-state index is 12.0. The van der Waals surface area contributed by atoms with E-state index in [1.165, 1.54) is 10.9 Å². The average Bonchev–Trinajstić information content (AvgIpc) is 3.17. The standard InChI is InChI=1S/C18H24N2O2/c1-13(17-9-5-11-22-17)20-18(21)10-4-6-14-12-19-16-8-3-2-7-15(14)16/h2-3,7-8,12-13,17,19H,4-6,9-11H2,1H3,(H,20,21). The Morgan fingerprint density at radius 3 is 3.14 bits per heavy atom. The van der Waals surface area contributed by atoms with Crippen molar-refractivity contribution in [3.63, 3.8) is 0 Å².